The molecule has 6 nitrogen and oxygen atoms in total. The minimum Gasteiger partial charge on any atom is -0.379 e. The van der Waals surface area contributed by atoms with Gasteiger partial charge in [0.25, 0.3) is 5.78 Å². The summed E-state index contributed by atoms with van der Waals surface area (Å²) >= 11 is 6.22. The maximum atomic E-state index is 6.22. The number of aromatic nitrogens is 4. The van der Waals surface area contributed by atoms with Crippen molar-refractivity contribution >= 4 is 23.2 Å². The van der Waals surface area contributed by atoms with Gasteiger partial charge in [0, 0.05) is 25.8 Å². The lowest BCUT2D eigenvalue weighted by Gasteiger charge is -2.38. The summed E-state index contributed by atoms with van der Waals surface area (Å²) < 4.78 is 7.34. The molecule has 0 aliphatic carbocycles. The first-order valence-corrected chi connectivity index (χ1v) is 7.13. The van der Waals surface area contributed by atoms with Gasteiger partial charge in [0.1, 0.15) is 17.3 Å². The monoisotopic (exact) mass is 295 g/mol. The van der Waals surface area contributed by atoms with Gasteiger partial charge in [0.2, 0.25) is 0 Å². The number of hydrogen-bond acceptors (Lipinski definition) is 5. The summed E-state index contributed by atoms with van der Waals surface area (Å²) in [5, 5.41) is 4.75. The van der Waals surface area contributed by atoms with Crippen LogP contribution in [-0.2, 0) is 4.74 Å². The van der Waals surface area contributed by atoms with Crippen LogP contribution in [0.4, 0.5) is 5.82 Å². The van der Waals surface area contributed by atoms with Crippen molar-refractivity contribution in [2.75, 3.05) is 25.1 Å². The molecule has 20 heavy (non-hydrogen) atoms. The first-order chi connectivity index (χ1) is 9.61. The fourth-order valence-electron chi connectivity index (χ4n) is 2.79. The molecule has 1 saturated heterocycles. The highest BCUT2D eigenvalue weighted by Gasteiger charge is 2.29. The van der Waals surface area contributed by atoms with Crippen LogP contribution in [0, 0.1) is 12.8 Å². The average molecular weight is 296 g/mol. The van der Waals surface area contributed by atoms with Crippen LogP contribution < -0.4 is 4.90 Å². The van der Waals surface area contributed by atoms with E-state index in [1.54, 1.807) is 11.6 Å². The Labute approximate surface area is 122 Å². The number of ether oxygens (including phenoxy) is 1. The van der Waals surface area contributed by atoms with E-state index in [9.17, 15) is 0 Å². The highest BCUT2D eigenvalue weighted by atomic mass is 35.5. The Morgan fingerprint density at radius 3 is 3.00 bits per heavy atom. The van der Waals surface area contributed by atoms with Gasteiger partial charge < -0.3 is 9.64 Å². The van der Waals surface area contributed by atoms with E-state index in [1.165, 1.54) is 6.33 Å². The van der Waals surface area contributed by atoms with E-state index in [-0.39, 0.29) is 6.10 Å². The molecular formula is C13H18ClN5O. The van der Waals surface area contributed by atoms with Crippen molar-refractivity contribution in [3.8, 4) is 0 Å². The molecule has 2 aromatic rings. The van der Waals surface area contributed by atoms with Crippen molar-refractivity contribution in [1.82, 2.24) is 19.6 Å². The Morgan fingerprint density at radius 2 is 2.25 bits per heavy atom. The molecule has 1 aliphatic rings. The zero-order chi connectivity index (χ0) is 14.3. The van der Waals surface area contributed by atoms with Crippen molar-refractivity contribution < 1.29 is 4.74 Å². The molecule has 3 rings (SSSR count). The van der Waals surface area contributed by atoms with Crippen molar-refractivity contribution in [3.63, 3.8) is 0 Å². The van der Waals surface area contributed by atoms with Crippen LogP contribution in [0.2, 0.25) is 5.15 Å². The maximum Gasteiger partial charge on any atom is 0.255 e. The third-order valence-corrected chi connectivity index (χ3v) is 4.43. The topological polar surface area (TPSA) is 55.5 Å². The van der Waals surface area contributed by atoms with E-state index >= 15 is 0 Å². The number of hydrogen-bond donors (Lipinski definition) is 0. The lowest BCUT2D eigenvalue weighted by Crippen LogP contribution is -2.45. The maximum absolute atomic E-state index is 6.22. The highest BCUT2D eigenvalue weighted by Crippen LogP contribution is 2.30. The van der Waals surface area contributed by atoms with Gasteiger partial charge in [0.15, 0.2) is 0 Å². The lowest BCUT2D eigenvalue weighted by atomic mass is 9.95. The van der Waals surface area contributed by atoms with Crippen LogP contribution >= 0.6 is 11.6 Å². The third kappa shape index (κ3) is 2.13. The predicted octanol–water partition coefficient (Wildman–Crippen LogP) is 1.95. The first kappa shape index (κ1) is 13.6. The van der Waals surface area contributed by atoms with Crippen LogP contribution in [-0.4, -0.2) is 45.9 Å². The molecule has 3 heterocycles. The van der Waals surface area contributed by atoms with Gasteiger partial charge in [-0.05, 0) is 19.3 Å². The fraction of sp³-hybridized carbons (Fsp3) is 0.615. The summed E-state index contributed by atoms with van der Waals surface area (Å²) in [7, 11) is 1.77. The van der Waals surface area contributed by atoms with Crippen LogP contribution in [0.15, 0.2) is 6.33 Å². The molecule has 0 N–H and O–H groups in total. The van der Waals surface area contributed by atoms with Gasteiger partial charge in [-0.15, -0.1) is 0 Å². The Bertz CT molecular complexity index is 628. The normalized spacial score (nSPS) is 23.5. The van der Waals surface area contributed by atoms with E-state index in [0.717, 1.165) is 30.9 Å². The largest absolute Gasteiger partial charge is 0.379 e. The standard InChI is InChI=1S/C13H18ClN5O/c1-8-4-5-18(6-10(8)20-3)12-9(2)11(14)17-13-15-7-16-19(12)13/h7-8,10H,4-6H2,1-3H3. The number of methoxy groups -OCH3 is 1. The second-order valence-corrected chi connectivity index (χ2v) is 5.67. The number of nitrogens with zero attached hydrogens (tertiary/aromatic N) is 5. The first-order valence-electron chi connectivity index (χ1n) is 6.75. The molecule has 2 aromatic heterocycles. The number of anilines is 1. The smallest absolute Gasteiger partial charge is 0.255 e. The van der Waals surface area contributed by atoms with E-state index in [2.05, 4.69) is 26.9 Å². The van der Waals surface area contributed by atoms with Crippen molar-refractivity contribution in [2.24, 2.45) is 5.92 Å². The number of piperidine rings is 1. The predicted molar refractivity (Wildman–Crippen MR) is 77.3 cm³/mol. The molecule has 7 heteroatoms. The van der Waals surface area contributed by atoms with Gasteiger partial charge in [-0.2, -0.15) is 19.6 Å². The van der Waals surface area contributed by atoms with Gasteiger partial charge in [-0.3, -0.25) is 0 Å². The number of rotatable bonds is 2. The third-order valence-electron chi connectivity index (χ3n) is 4.07. The fourth-order valence-corrected chi connectivity index (χ4v) is 2.95. The van der Waals surface area contributed by atoms with E-state index < -0.39 is 0 Å². The number of fused-ring (bicyclic) bond motifs is 1. The Morgan fingerprint density at radius 1 is 1.45 bits per heavy atom. The second kappa shape index (κ2) is 5.18. The van der Waals surface area contributed by atoms with Crippen molar-refractivity contribution in [3.05, 3.63) is 17.0 Å². The average Bonchev–Trinajstić information content (AvgIpc) is 2.89. The minimum atomic E-state index is 0.216. The van der Waals surface area contributed by atoms with E-state index in [4.69, 9.17) is 16.3 Å². The van der Waals surface area contributed by atoms with Gasteiger partial charge >= 0.3 is 0 Å². The highest BCUT2D eigenvalue weighted by molar-refractivity contribution is 6.30. The van der Waals surface area contributed by atoms with Crippen LogP contribution in [0.3, 0.4) is 0 Å². The SMILES string of the molecule is COC1CN(c2c(C)c(Cl)nc3ncnn23)CCC1C. The molecule has 2 atom stereocenters. The molecule has 2 unspecified atom stereocenters. The van der Waals surface area contributed by atoms with Crippen molar-refractivity contribution in [1.29, 1.82) is 0 Å². The van der Waals surface area contributed by atoms with Crippen LogP contribution in [0.25, 0.3) is 5.78 Å². The van der Waals surface area contributed by atoms with Crippen molar-refractivity contribution in [2.45, 2.75) is 26.4 Å². The molecule has 0 amide bonds. The molecule has 108 valence electrons. The molecule has 1 aliphatic heterocycles. The molecule has 0 bridgehead atoms. The van der Waals surface area contributed by atoms with E-state index in [0.29, 0.717) is 16.8 Å². The summed E-state index contributed by atoms with van der Waals surface area (Å²) in [5.74, 6) is 2.05. The zero-order valence-electron chi connectivity index (χ0n) is 11.9. The summed E-state index contributed by atoms with van der Waals surface area (Å²) in [6.45, 7) is 5.97. The molecule has 1 fully saturated rings. The second-order valence-electron chi connectivity index (χ2n) is 5.31. The number of halogens is 1. The minimum absolute atomic E-state index is 0.216. The lowest BCUT2D eigenvalue weighted by molar-refractivity contribution is 0.0495. The molecule has 0 aromatic carbocycles. The quantitative estimate of drug-likeness (QED) is 0.793. The van der Waals surface area contributed by atoms with Gasteiger partial charge in [-0.1, -0.05) is 18.5 Å². The molecule has 0 spiro atoms. The Balaban J connectivity index is 2.05. The molecule has 0 radical (unpaired) electrons. The van der Waals surface area contributed by atoms with E-state index in [1.807, 2.05) is 6.92 Å². The van der Waals surface area contributed by atoms with Crippen LogP contribution in [0.1, 0.15) is 18.9 Å². The Hall–Kier alpha value is -1.40. The Kier molecular flexibility index (Phi) is 3.52. The zero-order valence-corrected chi connectivity index (χ0v) is 12.6. The summed E-state index contributed by atoms with van der Waals surface area (Å²) in [6, 6.07) is 0. The molecule has 0 saturated carbocycles. The van der Waals surface area contributed by atoms with Gasteiger partial charge in [-0.25, -0.2) is 0 Å². The summed E-state index contributed by atoms with van der Waals surface area (Å²) in [4.78, 5) is 10.6. The van der Waals surface area contributed by atoms with Gasteiger partial charge in [0.05, 0.1) is 6.10 Å². The summed E-state index contributed by atoms with van der Waals surface area (Å²) in [5.41, 5.74) is 0.925. The summed E-state index contributed by atoms with van der Waals surface area (Å²) in [6.07, 6.45) is 2.80. The molecular weight excluding hydrogens is 278 g/mol. The van der Waals surface area contributed by atoms with Crippen LogP contribution in [0.5, 0.6) is 0 Å².